The lowest BCUT2D eigenvalue weighted by atomic mass is 9.94. The van der Waals surface area contributed by atoms with E-state index in [1.807, 2.05) is 59.1 Å². The Morgan fingerprint density at radius 2 is 1.88 bits per heavy atom. The molecule has 5 rings (SSSR count). The Labute approximate surface area is 203 Å². The van der Waals surface area contributed by atoms with Gasteiger partial charge in [0.1, 0.15) is 0 Å². The number of aryl methyl sites for hydroxylation is 1. The van der Waals surface area contributed by atoms with E-state index in [1.165, 1.54) is 16.9 Å². The molecule has 0 atom stereocenters. The van der Waals surface area contributed by atoms with Gasteiger partial charge >= 0.3 is 0 Å². The molecule has 1 N–H and O–H groups in total. The largest absolute Gasteiger partial charge is 0.378 e. The summed E-state index contributed by atoms with van der Waals surface area (Å²) >= 11 is 1.51. The van der Waals surface area contributed by atoms with Crippen molar-refractivity contribution in [3.8, 4) is 0 Å². The molecule has 2 aliphatic rings. The lowest BCUT2D eigenvalue weighted by molar-refractivity contribution is 0.0734. The standard InChI is InChI=1S/C26H28N4O3S/c1-18-24(15-28-25(31)20-7-13-34-17-20)23-6-8-30(16-21(23)14-27-18)26(32)19-2-4-22(5-3-19)29-9-11-33-12-10-29/h2-5,7,13-14,17H,6,8-12,15-16H2,1H3,(H,28,31). The highest BCUT2D eigenvalue weighted by Gasteiger charge is 2.25. The normalized spacial score (nSPS) is 15.7. The molecule has 34 heavy (non-hydrogen) atoms. The molecule has 8 heteroatoms. The van der Waals surface area contributed by atoms with Crippen LogP contribution in [0.25, 0.3) is 0 Å². The maximum atomic E-state index is 13.2. The van der Waals surface area contributed by atoms with Crippen molar-refractivity contribution < 1.29 is 14.3 Å². The topological polar surface area (TPSA) is 74.8 Å². The van der Waals surface area contributed by atoms with E-state index in [4.69, 9.17) is 4.74 Å². The van der Waals surface area contributed by atoms with Crippen molar-refractivity contribution in [3.63, 3.8) is 0 Å². The maximum absolute atomic E-state index is 13.2. The highest BCUT2D eigenvalue weighted by Crippen LogP contribution is 2.26. The first kappa shape index (κ1) is 22.6. The summed E-state index contributed by atoms with van der Waals surface area (Å²) < 4.78 is 5.42. The van der Waals surface area contributed by atoms with Gasteiger partial charge in [-0.1, -0.05) is 0 Å². The summed E-state index contributed by atoms with van der Waals surface area (Å²) in [5.41, 5.74) is 6.73. The van der Waals surface area contributed by atoms with Crippen LogP contribution in [0.5, 0.6) is 0 Å². The third kappa shape index (κ3) is 4.69. The molecule has 0 unspecified atom stereocenters. The summed E-state index contributed by atoms with van der Waals surface area (Å²) in [6, 6.07) is 9.71. The van der Waals surface area contributed by atoms with Gasteiger partial charge < -0.3 is 19.9 Å². The monoisotopic (exact) mass is 476 g/mol. The minimum absolute atomic E-state index is 0.0343. The number of nitrogens with zero attached hydrogens (tertiary/aromatic N) is 3. The fourth-order valence-corrected chi connectivity index (χ4v) is 5.25. The van der Waals surface area contributed by atoms with E-state index in [0.29, 0.717) is 30.8 Å². The maximum Gasteiger partial charge on any atom is 0.254 e. The van der Waals surface area contributed by atoms with Gasteiger partial charge in [0.25, 0.3) is 11.8 Å². The molecule has 2 amide bonds. The summed E-state index contributed by atoms with van der Waals surface area (Å²) in [7, 11) is 0. The van der Waals surface area contributed by atoms with Gasteiger partial charge in [0.2, 0.25) is 0 Å². The number of aromatic nitrogens is 1. The molecule has 1 fully saturated rings. The van der Waals surface area contributed by atoms with Gasteiger partial charge in [-0.25, -0.2) is 0 Å². The number of thiophene rings is 1. The second kappa shape index (κ2) is 9.95. The van der Waals surface area contributed by atoms with Crippen LogP contribution < -0.4 is 10.2 Å². The van der Waals surface area contributed by atoms with Gasteiger partial charge in [-0.2, -0.15) is 11.3 Å². The number of rotatable bonds is 5. The zero-order chi connectivity index (χ0) is 23.5. The van der Waals surface area contributed by atoms with E-state index >= 15 is 0 Å². The molecular weight excluding hydrogens is 448 g/mol. The zero-order valence-corrected chi connectivity index (χ0v) is 20.1. The van der Waals surface area contributed by atoms with E-state index in [2.05, 4.69) is 15.2 Å². The first-order valence-corrected chi connectivity index (χ1v) is 12.5. The van der Waals surface area contributed by atoms with Crippen molar-refractivity contribution in [3.05, 3.63) is 80.8 Å². The average molecular weight is 477 g/mol. The van der Waals surface area contributed by atoms with Crippen LogP contribution in [0.1, 0.15) is 43.1 Å². The third-order valence-electron chi connectivity index (χ3n) is 6.58. The minimum atomic E-state index is -0.0774. The van der Waals surface area contributed by atoms with Crippen molar-refractivity contribution in [2.75, 3.05) is 37.7 Å². The van der Waals surface area contributed by atoms with E-state index in [0.717, 1.165) is 55.2 Å². The fourth-order valence-electron chi connectivity index (χ4n) is 4.61. The van der Waals surface area contributed by atoms with Crippen LogP contribution in [0, 0.1) is 6.92 Å². The summed E-state index contributed by atoms with van der Waals surface area (Å²) in [5, 5.41) is 6.76. The van der Waals surface area contributed by atoms with E-state index in [1.54, 1.807) is 0 Å². The molecule has 1 aromatic carbocycles. The number of benzene rings is 1. The van der Waals surface area contributed by atoms with Crippen LogP contribution in [0.2, 0.25) is 0 Å². The average Bonchev–Trinajstić information content (AvgIpc) is 3.43. The summed E-state index contributed by atoms with van der Waals surface area (Å²) in [6.07, 6.45) is 2.62. The Kier molecular flexibility index (Phi) is 6.60. The van der Waals surface area contributed by atoms with Crippen molar-refractivity contribution in [2.45, 2.75) is 26.4 Å². The van der Waals surface area contributed by atoms with Crippen LogP contribution in [0.3, 0.4) is 0 Å². The van der Waals surface area contributed by atoms with Crippen LogP contribution >= 0.6 is 11.3 Å². The number of hydrogen-bond acceptors (Lipinski definition) is 6. The van der Waals surface area contributed by atoms with E-state index in [9.17, 15) is 9.59 Å². The molecule has 4 heterocycles. The number of pyridine rings is 1. The molecule has 176 valence electrons. The Morgan fingerprint density at radius 3 is 2.62 bits per heavy atom. The smallest absolute Gasteiger partial charge is 0.254 e. The van der Waals surface area contributed by atoms with Gasteiger partial charge in [0.15, 0.2) is 0 Å². The SMILES string of the molecule is Cc1ncc2c(c1CNC(=O)c1ccsc1)CCN(C(=O)c1ccc(N3CCOCC3)cc1)C2. The first-order chi connectivity index (χ1) is 16.6. The molecule has 7 nitrogen and oxygen atoms in total. The molecule has 1 saturated heterocycles. The Bertz CT molecular complexity index is 1170. The number of nitrogens with one attached hydrogen (secondary N) is 1. The van der Waals surface area contributed by atoms with Crippen LogP contribution in [0.15, 0.2) is 47.3 Å². The number of ether oxygens (including phenoxy) is 1. The molecule has 3 aromatic rings. The molecule has 0 bridgehead atoms. The lowest BCUT2D eigenvalue weighted by Crippen LogP contribution is -2.37. The second-order valence-corrected chi connectivity index (χ2v) is 9.42. The van der Waals surface area contributed by atoms with Gasteiger partial charge in [0, 0.05) is 66.8 Å². The van der Waals surface area contributed by atoms with Crippen LogP contribution in [-0.2, 0) is 24.2 Å². The quantitative estimate of drug-likeness (QED) is 0.611. The summed E-state index contributed by atoms with van der Waals surface area (Å²) in [4.78, 5) is 34.3. The molecule has 0 aliphatic carbocycles. The van der Waals surface area contributed by atoms with Gasteiger partial charge in [-0.05, 0) is 65.7 Å². The van der Waals surface area contributed by atoms with Crippen molar-refractivity contribution in [1.29, 1.82) is 0 Å². The highest BCUT2D eigenvalue weighted by molar-refractivity contribution is 7.08. The number of hydrogen-bond donors (Lipinski definition) is 1. The first-order valence-electron chi connectivity index (χ1n) is 11.6. The minimum Gasteiger partial charge on any atom is -0.378 e. The van der Waals surface area contributed by atoms with Crippen LogP contribution in [-0.4, -0.2) is 54.5 Å². The molecular formula is C26H28N4O3S. The number of carbonyl (C=O) groups is 2. The van der Waals surface area contributed by atoms with Gasteiger partial charge in [-0.15, -0.1) is 0 Å². The summed E-state index contributed by atoms with van der Waals surface area (Å²) in [6.45, 7) is 6.80. The highest BCUT2D eigenvalue weighted by atomic mass is 32.1. The fraction of sp³-hybridized carbons (Fsp3) is 0.346. The third-order valence-corrected chi connectivity index (χ3v) is 7.27. The molecule has 2 aromatic heterocycles. The zero-order valence-electron chi connectivity index (χ0n) is 19.3. The predicted molar refractivity (Wildman–Crippen MR) is 132 cm³/mol. The van der Waals surface area contributed by atoms with E-state index in [-0.39, 0.29) is 11.8 Å². The molecule has 0 saturated carbocycles. The molecule has 2 aliphatic heterocycles. The molecule has 0 radical (unpaired) electrons. The Hall–Kier alpha value is -3.23. The lowest BCUT2D eigenvalue weighted by Gasteiger charge is -2.31. The second-order valence-electron chi connectivity index (χ2n) is 8.64. The van der Waals surface area contributed by atoms with Crippen molar-refractivity contribution in [1.82, 2.24) is 15.2 Å². The van der Waals surface area contributed by atoms with Gasteiger partial charge in [-0.3, -0.25) is 14.6 Å². The number of morpholine rings is 1. The van der Waals surface area contributed by atoms with Gasteiger partial charge in [0.05, 0.1) is 13.2 Å². The number of fused-ring (bicyclic) bond motifs is 1. The van der Waals surface area contributed by atoms with Crippen molar-refractivity contribution in [2.24, 2.45) is 0 Å². The predicted octanol–water partition coefficient (Wildman–Crippen LogP) is 3.42. The van der Waals surface area contributed by atoms with Crippen molar-refractivity contribution >= 4 is 28.8 Å². The van der Waals surface area contributed by atoms with Crippen LogP contribution in [0.4, 0.5) is 5.69 Å². The summed E-state index contributed by atoms with van der Waals surface area (Å²) in [5.74, 6) is -0.0431. The Balaban J connectivity index is 1.27. The number of amides is 2. The molecule has 0 spiro atoms. The van der Waals surface area contributed by atoms with E-state index < -0.39 is 0 Å². The number of carbonyl (C=O) groups excluding carboxylic acids is 2. The number of anilines is 1. The Morgan fingerprint density at radius 1 is 1.09 bits per heavy atom.